The van der Waals surface area contributed by atoms with Crippen molar-refractivity contribution >= 4 is 0 Å². The molecule has 0 unspecified atom stereocenters. The Morgan fingerprint density at radius 1 is 0.575 bits per heavy atom. The van der Waals surface area contributed by atoms with Crippen molar-refractivity contribution in [2.45, 2.75) is 98.3 Å². The molecule has 1 aliphatic rings. The van der Waals surface area contributed by atoms with E-state index in [0.717, 1.165) is 39.0 Å². The second-order valence-corrected chi connectivity index (χ2v) is 10.7. The summed E-state index contributed by atoms with van der Waals surface area (Å²) in [6.45, 7) is 22.1. The van der Waals surface area contributed by atoms with E-state index in [-0.39, 0.29) is 27.6 Å². The van der Waals surface area contributed by atoms with Crippen LogP contribution in [-0.2, 0) is 16.5 Å². The molecule has 18 heteroatoms. The predicted molar refractivity (Wildman–Crippen MR) is 122 cm³/mol. The topological polar surface area (TPSA) is 304 Å². The minimum Gasteiger partial charge on any atom is -0.313 e. The van der Waals surface area contributed by atoms with Gasteiger partial charge < -0.3 is 21.3 Å². The molecular weight excluding hydrogens is 620 g/mol. The molecule has 240 valence electrons. The minimum atomic E-state index is -4.94. The first-order chi connectivity index (χ1) is 17.4. The van der Waals surface area contributed by atoms with Gasteiger partial charge in [0, 0.05) is 70.1 Å². The molecule has 1 heterocycles. The van der Waals surface area contributed by atoms with Crippen molar-refractivity contribution in [2.75, 3.05) is 26.2 Å². The van der Waals surface area contributed by atoms with Gasteiger partial charge in [0.25, 0.3) is 0 Å². The molecule has 1 rings (SSSR count). The number of halogens is 2. The fourth-order valence-electron chi connectivity index (χ4n) is 3.26. The number of nitrogens with one attached hydrogen (secondary N) is 4. The molecule has 0 aromatic heterocycles. The zero-order valence-corrected chi connectivity index (χ0v) is 27.1. The molecule has 40 heavy (non-hydrogen) atoms. The van der Waals surface area contributed by atoms with Gasteiger partial charge in [0.2, 0.25) is 0 Å². The van der Waals surface area contributed by atoms with Gasteiger partial charge in [-0.1, -0.05) is 0 Å². The Kier molecular flexibility index (Phi) is 38.2. The fraction of sp³-hybridized carbons (Fsp3) is 0.864. The Balaban J connectivity index is -0.000000118. The van der Waals surface area contributed by atoms with E-state index in [0.29, 0.717) is 12.1 Å². The van der Waals surface area contributed by atoms with Crippen LogP contribution in [0.4, 0.5) is 0 Å². The van der Waals surface area contributed by atoms with Crippen LogP contribution >= 0.6 is 0 Å². The van der Waals surface area contributed by atoms with Crippen molar-refractivity contribution in [1.29, 1.82) is 15.8 Å². The van der Waals surface area contributed by atoms with E-state index >= 15 is 0 Å². The molecule has 0 amide bonds. The normalized spacial score (nSPS) is 20.2. The first-order valence-electron chi connectivity index (χ1n) is 11.6. The van der Waals surface area contributed by atoms with E-state index < -0.39 is 20.5 Å². The Labute approximate surface area is 253 Å². The van der Waals surface area contributed by atoms with E-state index in [4.69, 9.17) is 53.1 Å². The summed E-state index contributed by atoms with van der Waals surface area (Å²) in [5, 5.41) is 36.5. The smallest absolute Gasteiger partial charge is 0.313 e. The molecule has 0 aliphatic carbocycles. The van der Waals surface area contributed by atoms with Crippen molar-refractivity contribution in [3.05, 3.63) is 0 Å². The van der Waals surface area contributed by atoms with Gasteiger partial charge in [0.1, 0.15) is 0 Å². The molecule has 0 aromatic carbocycles. The average Bonchev–Trinajstić information content (AvgIpc) is 2.67. The third-order valence-electron chi connectivity index (χ3n) is 4.08. The Bertz CT molecular complexity index is 613. The van der Waals surface area contributed by atoms with Gasteiger partial charge >= 0.3 is 16.5 Å². The van der Waals surface area contributed by atoms with Crippen LogP contribution in [0.5, 0.6) is 0 Å². The monoisotopic (exact) mass is 663 g/mol. The van der Waals surface area contributed by atoms with Crippen LogP contribution in [0.3, 0.4) is 0 Å². The van der Waals surface area contributed by atoms with Gasteiger partial charge in [0.15, 0.2) is 0 Å². The summed E-state index contributed by atoms with van der Waals surface area (Å²) in [4.78, 5) is 0. The maximum absolute atomic E-state index is 8.49. The largest absolute Gasteiger partial charge is 2.00 e. The third-order valence-corrected chi connectivity index (χ3v) is 4.08. The van der Waals surface area contributed by atoms with E-state index in [1.807, 2.05) is 0 Å². The molecule has 1 saturated heterocycles. The average molecular weight is 665 g/mol. The summed E-state index contributed by atoms with van der Waals surface area (Å²) in [6.07, 6.45) is 2.29. The third kappa shape index (κ3) is 76.7. The van der Waals surface area contributed by atoms with Gasteiger partial charge in [-0.3, -0.25) is 0 Å². The van der Waals surface area contributed by atoms with Gasteiger partial charge in [-0.05, 0) is 54.4 Å². The van der Waals surface area contributed by atoms with Crippen LogP contribution in [0, 0.1) is 54.5 Å². The first-order valence-corrected chi connectivity index (χ1v) is 14.0. The van der Waals surface area contributed by atoms with E-state index in [2.05, 4.69) is 62.8 Å². The summed E-state index contributed by atoms with van der Waals surface area (Å²) < 4.78 is 67.9. The van der Waals surface area contributed by atoms with Crippen molar-refractivity contribution in [1.82, 2.24) is 21.3 Å². The second-order valence-electron chi connectivity index (χ2n) is 9.17. The predicted octanol–water partition coefficient (Wildman–Crippen LogP) is -6.45. The van der Waals surface area contributed by atoms with Crippen molar-refractivity contribution in [2.24, 2.45) is 0 Å². The molecule has 4 N–H and O–H groups in total. The Morgan fingerprint density at radius 2 is 0.750 bits per heavy atom. The van der Waals surface area contributed by atoms with Crippen LogP contribution < -0.4 is 58.5 Å². The van der Waals surface area contributed by atoms with Crippen molar-refractivity contribution < 1.29 is 74.2 Å². The van der Waals surface area contributed by atoms with Crippen LogP contribution in [0.25, 0.3) is 0 Å². The van der Waals surface area contributed by atoms with Crippen LogP contribution in [0.2, 0.25) is 0 Å². The Morgan fingerprint density at radius 3 is 0.925 bits per heavy atom. The molecule has 0 aromatic rings. The Hall–Kier alpha value is -0.936. The second kappa shape index (κ2) is 29.6. The maximum atomic E-state index is 8.49. The van der Waals surface area contributed by atoms with Crippen molar-refractivity contribution in [3.8, 4) is 18.2 Å². The van der Waals surface area contributed by atoms with E-state index in [9.17, 15) is 0 Å². The zero-order valence-electron chi connectivity index (χ0n) is 24.6. The molecule has 0 radical (unpaired) electrons. The zero-order chi connectivity index (χ0) is 32.3. The molecule has 0 spiro atoms. The van der Waals surface area contributed by atoms with Gasteiger partial charge in [-0.25, -0.2) is 37.3 Å². The molecule has 15 nitrogen and oxygen atoms in total. The van der Waals surface area contributed by atoms with Crippen LogP contribution in [-0.4, -0.2) is 49.3 Å². The number of nitrogens with zero attached hydrogens (tertiary/aromatic N) is 3. The fourth-order valence-corrected chi connectivity index (χ4v) is 3.26. The number of rotatable bonds is 0. The summed E-state index contributed by atoms with van der Waals surface area (Å²) in [5.74, 6) is 0. The summed E-state index contributed by atoms with van der Waals surface area (Å²) >= 11 is 0. The molecule has 2 atom stereocenters. The number of hydrogen-bond acceptors (Lipinski definition) is 15. The summed E-state index contributed by atoms with van der Waals surface area (Å²) in [7, 11) is -9.89. The molecule has 1 fully saturated rings. The van der Waals surface area contributed by atoms with Gasteiger partial charge in [-0.2, -0.15) is 15.8 Å². The number of hydrogen-bond donors (Lipinski definition) is 4. The first kappa shape index (κ1) is 51.8. The summed E-state index contributed by atoms with van der Waals surface area (Å²) in [5.41, 5.74) is 0.377. The van der Waals surface area contributed by atoms with Gasteiger partial charge in [-0.15, -0.1) is 20.5 Å². The van der Waals surface area contributed by atoms with Crippen LogP contribution in [0.15, 0.2) is 0 Å². The van der Waals surface area contributed by atoms with Crippen LogP contribution in [0.1, 0.15) is 75.2 Å². The van der Waals surface area contributed by atoms with E-state index in [1.165, 1.54) is 20.8 Å². The SMILES string of the molecule is CC#N.CC#N.CC#N.C[C@@H]1CC(C)(C)NCCN[C@H](C)CC(C)(C)NCCN1.[Ni+2].[O-][Cl+3]([O-])([O-])[O-].[O-][Cl+3]([O-])([O-])[O-]. The maximum Gasteiger partial charge on any atom is 2.00 e. The quantitative estimate of drug-likeness (QED) is 0.175. The van der Waals surface area contributed by atoms with E-state index in [1.54, 1.807) is 18.2 Å². The van der Waals surface area contributed by atoms with Gasteiger partial charge in [0.05, 0.1) is 18.2 Å². The van der Waals surface area contributed by atoms with Crippen molar-refractivity contribution in [3.63, 3.8) is 0 Å². The molecule has 1 aliphatic heterocycles. The molecule has 0 saturated carbocycles. The summed E-state index contributed by atoms with van der Waals surface area (Å²) in [6, 6.07) is 6.33. The minimum absolute atomic E-state index is 0. The molecule has 0 bridgehead atoms. The number of nitriles is 3. The molecular formula is C22H45Cl2N7NiO8. The standard InChI is InChI=1S/C16H36N4.3C2H3N.2ClHO4.Ni/c1-13-11-15(3,4)19-10-8-18-14(2)12-16(5,6)20-9-7-17-13;3*1-2-3;2*2-1(3,4)5;/h13-14,17-20H,7-12H2,1-6H3;3*1H3;2*(H,2,3,4,5);/q;;;;;;+2/p-2/t13-,14-;;;;;;/m1....../s1.